The third-order valence-electron chi connectivity index (χ3n) is 5.01. The molecular weight excluding hydrogens is 270 g/mol. The Kier molecular flexibility index (Phi) is 3.63. The molecule has 110 valence electrons. The van der Waals surface area contributed by atoms with Gasteiger partial charge < -0.3 is 5.32 Å². The van der Waals surface area contributed by atoms with Crippen LogP contribution in [-0.2, 0) is 9.84 Å². The van der Waals surface area contributed by atoms with E-state index in [2.05, 4.69) is 12.2 Å². The molecule has 20 heavy (non-hydrogen) atoms. The second-order valence-corrected chi connectivity index (χ2v) is 8.53. The summed E-state index contributed by atoms with van der Waals surface area (Å²) < 4.78 is 22.9. The highest BCUT2D eigenvalue weighted by Gasteiger charge is 2.39. The Bertz CT molecular complexity index is 579. The molecule has 0 heterocycles. The highest BCUT2D eigenvalue weighted by Crippen LogP contribution is 2.45. The van der Waals surface area contributed by atoms with Gasteiger partial charge in [-0.25, -0.2) is 8.42 Å². The molecule has 1 aromatic carbocycles. The van der Waals surface area contributed by atoms with E-state index < -0.39 is 9.84 Å². The summed E-state index contributed by atoms with van der Waals surface area (Å²) in [6.07, 6.45) is 6.76. The van der Waals surface area contributed by atoms with E-state index in [9.17, 15) is 8.42 Å². The highest BCUT2D eigenvalue weighted by atomic mass is 32.2. The topological polar surface area (TPSA) is 46.2 Å². The van der Waals surface area contributed by atoms with Crippen molar-refractivity contribution in [3.8, 4) is 0 Å². The van der Waals surface area contributed by atoms with Crippen molar-refractivity contribution in [2.75, 3.05) is 6.26 Å². The third-order valence-corrected chi connectivity index (χ3v) is 6.14. The minimum absolute atomic E-state index is 0.285. The Balaban J connectivity index is 1.67. The van der Waals surface area contributed by atoms with Crippen molar-refractivity contribution in [3.05, 3.63) is 29.8 Å². The van der Waals surface area contributed by atoms with Crippen LogP contribution in [0.3, 0.4) is 0 Å². The van der Waals surface area contributed by atoms with E-state index in [4.69, 9.17) is 0 Å². The molecule has 2 saturated carbocycles. The Hall–Kier alpha value is -0.870. The Morgan fingerprint density at radius 1 is 1.15 bits per heavy atom. The lowest BCUT2D eigenvalue weighted by atomic mass is 9.94. The van der Waals surface area contributed by atoms with Crippen LogP contribution in [0.4, 0.5) is 0 Å². The maximum absolute atomic E-state index is 11.5. The molecule has 0 radical (unpaired) electrons. The minimum Gasteiger partial charge on any atom is -0.307 e. The quantitative estimate of drug-likeness (QED) is 0.928. The molecule has 0 spiro atoms. The number of sulfone groups is 1. The van der Waals surface area contributed by atoms with Crippen molar-refractivity contribution < 1.29 is 8.42 Å². The maximum Gasteiger partial charge on any atom is 0.175 e. The van der Waals surface area contributed by atoms with Gasteiger partial charge in [-0.15, -0.1) is 0 Å². The smallest absolute Gasteiger partial charge is 0.175 e. The molecule has 3 rings (SSSR count). The van der Waals surface area contributed by atoms with Crippen LogP contribution in [0.1, 0.15) is 44.2 Å². The second kappa shape index (κ2) is 5.15. The summed E-state index contributed by atoms with van der Waals surface area (Å²) >= 11 is 0. The molecule has 0 aromatic heterocycles. The summed E-state index contributed by atoms with van der Waals surface area (Å²) in [4.78, 5) is 0.397. The Morgan fingerprint density at radius 2 is 1.85 bits per heavy atom. The van der Waals surface area contributed by atoms with Crippen LogP contribution >= 0.6 is 0 Å². The van der Waals surface area contributed by atoms with Gasteiger partial charge in [-0.1, -0.05) is 18.6 Å². The summed E-state index contributed by atoms with van der Waals surface area (Å²) in [5.74, 6) is 1.80. The monoisotopic (exact) mass is 293 g/mol. The van der Waals surface area contributed by atoms with Gasteiger partial charge in [0.2, 0.25) is 0 Å². The third kappa shape index (κ3) is 2.77. The van der Waals surface area contributed by atoms with Crippen LogP contribution in [0.15, 0.2) is 29.2 Å². The first-order chi connectivity index (χ1) is 9.43. The lowest BCUT2D eigenvalue weighted by Gasteiger charge is -2.27. The zero-order valence-corrected chi connectivity index (χ0v) is 13.0. The highest BCUT2D eigenvalue weighted by molar-refractivity contribution is 7.90. The molecule has 2 aliphatic carbocycles. The van der Waals surface area contributed by atoms with Crippen LogP contribution in [0.2, 0.25) is 0 Å². The molecule has 2 aliphatic rings. The zero-order valence-electron chi connectivity index (χ0n) is 12.2. The summed E-state index contributed by atoms with van der Waals surface area (Å²) in [7, 11) is -3.09. The van der Waals surface area contributed by atoms with Crippen LogP contribution < -0.4 is 5.32 Å². The number of hydrogen-bond donors (Lipinski definition) is 1. The molecule has 4 heteroatoms. The fraction of sp³-hybridized carbons (Fsp3) is 0.625. The molecule has 0 saturated heterocycles. The van der Waals surface area contributed by atoms with E-state index in [-0.39, 0.29) is 6.04 Å². The van der Waals surface area contributed by atoms with Gasteiger partial charge in [-0.3, -0.25) is 0 Å². The first-order valence-electron chi connectivity index (χ1n) is 7.49. The van der Waals surface area contributed by atoms with E-state index in [0.29, 0.717) is 10.9 Å². The fourth-order valence-electron chi connectivity index (χ4n) is 3.87. The normalized spacial score (nSPS) is 30.6. The minimum atomic E-state index is -3.09. The van der Waals surface area contributed by atoms with Crippen molar-refractivity contribution >= 4 is 9.84 Å². The van der Waals surface area contributed by atoms with Crippen LogP contribution in [0.25, 0.3) is 0 Å². The van der Waals surface area contributed by atoms with Gasteiger partial charge in [0, 0.05) is 18.3 Å². The van der Waals surface area contributed by atoms with Crippen molar-refractivity contribution in [2.45, 2.75) is 49.6 Å². The number of fused-ring (bicyclic) bond motifs is 2. The van der Waals surface area contributed by atoms with Crippen molar-refractivity contribution in [3.63, 3.8) is 0 Å². The van der Waals surface area contributed by atoms with Gasteiger partial charge in [-0.05, 0) is 55.7 Å². The average molecular weight is 293 g/mol. The fourth-order valence-corrected chi connectivity index (χ4v) is 4.50. The van der Waals surface area contributed by atoms with E-state index in [0.717, 1.165) is 11.8 Å². The molecule has 1 aromatic rings. The molecule has 0 aliphatic heterocycles. The number of rotatable bonds is 4. The largest absolute Gasteiger partial charge is 0.307 e. The van der Waals surface area contributed by atoms with E-state index in [1.807, 2.05) is 12.1 Å². The molecule has 1 N–H and O–H groups in total. The Morgan fingerprint density at radius 3 is 2.35 bits per heavy atom. The molecule has 4 unspecified atom stereocenters. The van der Waals surface area contributed by atoms with Crippen LogP contribution in [0.5, 0.6) is 0 Å². The summed E-state index contributed by atoms with van der Waals surface area (Å²) in [5, 5.41) is 3.74. The van der Waals surface area contributed by atoms with Crippen molar-refractivity contribution in [1.82, 2.24) is 5.32 Å². The first-order valence-corrected chi connectivity index (χ1v) is 9.38. The Labute approximate surface area is 121 Å². The molecule has 2 bridgehead atoms. The molecule has 2 fully saturated rings. The van der Waals surface area contributed by atoms with Gasteiger partial charge in [0.05, 0.1) is 4.90 Å². The van der Waals surface area contributed by atoms with Crippen molar-refractivity contribution in [2.24, 2.45) is 11.8 Å². The predicted molar refractivity (Wildman–Crippen MR) is 80.3 cm³/mol. The van der Waals surface area contributed by atoms with Crippen molar-refractivity contribution in [1.29, 1.82) is 0 Å². The van der Waals surface area contributed by atoms with Gasteiger partial charge in [-0.2, -0.15) is 0 Å². The van der Waals surface area contributed by atoms with E-state index in [1.165, 1.54) is 37.5 Å². The molecule has 0 amide bonds. The van der Waals surface area contributed by atoms with Crippen LogP contribution in [0, 0.1) is 11.8 Å². The number of hydrogen-bond acceptors (Lipinski definition) is 3. The van der Waals surface area contributed by atoms with E-state index in [1.54, 1.807) is 12.1 Å². The van der Waals surface area contributed by atoms with Gasteiger partial charge in [0.15, 0.2) is 9.84 Å². The maximum atomic E-state index is 11.5. The summed E-state index contributed by atoms with van der Waals surface area (Å²) in [6, 6.07) is 8.22. The predicted octanol–water partition coefficient (Wildman–Crippen LogP) is 2.93. The SMILES string of the molecule is CC(NC1CC2CCC1C2)c1ccc(S(C)(=O)=O)cc1. The summed E-state index contributed by atoms with van der Waals surface area (Å²) in [6.45, 7) is 2.17. The van der Waals surface area contributed by atoms with Gasteiger partial charge in [0.25, 0.3) is 0 Å². The lowest BCUT2D eigenvalue weighted by molar-refractivity contribution is 0.327. The zero-order chi connectivity index (χ0) is 14.3. The van der Waals surface area contributed by atoms with E-state index >= 15 is 0 Å². The molecule has 4 atom stereocenters. The first kappa shape index (κ1) is 14.1. The van der Waals surface area contributed by atoms with Gasteiger partial charge >= 0.3 is 0 Å². The standard InChI is InChI=1S/C16H23NO2S/c1-11(17-16-10-12-3-4-14(16)9-12)13-5-7-15(8-6-13)20(2,18)19/h5-8,11-12,14,16-17H,3-4,9-10H2,1-2H3. The molecular formula is C16H23NO2S. The average Bonchev–Trinajstić information content (AvgIpc) is 3.00. The second-order valence-electron chi connectivity index (χ2n) is 6.51. The number of benzene rings is 1. The van der Waals surface area contributed by atoms with Gasteiger partial charge in [0.1, 0.15) is 0 Å². The number of nitrogens with one attached hydrogen (secondary N) is 1. The summed E-state index contributed by atoms with van der Waals surface area (Å²) in [5.41, 5.74) is 1.17. The lowest BCUT2D eigenvalue weighted by Crippen LogP contribution is -2.35. The molecule has 3 nitrogen and oxygen atoms in total. The van der Waals surface area contributed by atoms with Crippen LogP contribution in [-0.4, -0.2) is 20.7 Å².